The van der Waals surface area contributed by atoms with Gasteiger partial charge in [0.2, 0.25) is 5.91 Å². The number of carbonyl (C=O) groups excluding carboxylic acids is 1. The van der Waals surface area contributed by atoms with Gasteiger partial charge in [-0.3, -0.25) is 9.10 Å². The smallest absolute Gasteiger partial charge is 0.264 e. The molecule has 182 valence electrons. The first-order chi connectivity index (χ1) is 15.7. The second-order valence-electron chi connectivity index (χ2n) is 7.35. The first kappa shape index (κ1) is 26.3. The zero-order valence-corrected chi connectivity index (χ0v) is 20.5. The minimum atomic E-state index is -4.10. The third kappa shape index (κ3) is 7.26. The summed E-state index contributed by atoms with van der Waals surface area (Å²) in [5.41, 5.74) is 0.323. The summed E-state index contributed by atoms with van der Waals surface area (Å²) in [6.07, 6.45) is 0.729. The number of hydrogen-bond acceptors (Lipinski definition) is 7. The topological polar surface area (TPSA) is 103 Å². The van der Waals surface area contributed by atoms with Gasteiger partial charge in [-0.25, -0.2) is 8.42 Å². The molecular formula is C23H32N2O7S. The van der Waals surface area contributed by atoms with Crippen LogP contribution in [0.15, 0.2) is 47.4 Å². The van der Waals surface area contributed by atoms with Crippen LogP contribution in [0.1, 0.15) is 20.3 Å². The lowest BCUT2D eigenvalue weighted by molar-refractivity contribution is -0.119. The zero-order chi connectivity index (χ0) is 24.4. The quantitative estimate of drug-likeness (QED) is 0.440. The number of carbonyl (C=O) groups is 1. The zero-order valence-electron chi connectivity index (χ0n) is 19.7. The fourth-order valence-corrected chi connectivity index (χ4v) is 4.41. The minimum absolute atomic E-state index is 0.0332. The van der Waals surface area contributed by atoms with Gasteiger partial charge in [0.1, 0.15) is 12.3 Å². The SMILES string of the molecule is COc1ccc(N(CC(=O)NCCCOC(C)C)S(=O)(=O)c2ccc(OC)c(OC)c2)cc1. The Morgan fingerprint density at radius 2 is 1.64 bits per heavy atom. The molecule has 0 bridgehead atoms. The monoisotopic (exact) mass is 480 g/mol. The van der Waals surface area contributed by atoms with Crippen LogP contribution in [0.25, 0.3) is 0 Å². The Morgan fingerprint density at radius 1 is 0.970 bits per heavy atom. The molecule has 0 fully saturated rings. The van der Waals surface area contributed by atoms with Crippen LogP contribution in [0.3, 0.4) is 0 Å². The molecular weight excluding hydrogens is 448 g/mol. The highest BCUT2D eigenvalue weighted by Crippen LogP contribution is 2.32. The number of sulfonamides is 1. The Hall–Kier alpha value is -2.98. The van der Waals surface area contributed by atoms with E-state index < -0.39 is 22.5 Å². The lowest BCUT2D eigenvalue weighted by Gasteiger charge is -2.24. The summed E-state index contributed by atoms with van der Waals surface area (Å²) >= 11 is 0. The molecule has 0 atom stereocenters. The fraction of sp³-hybridized carbons (Fsp3) is 0.435. The number of amides is 1. The van der Waals surface area contributed by atoms with E-state index in [1.807, 2.05) is 13.8 Å². The molecule has 0 radical (unpaired) electrons. The van der Waals surface area contributed by atoms with Gasteiger partial charge in [-0.15, -0.1) is 0 Å². The number of methoxy groups -OCH3 is 3. The van der Waals surface area contributed by atoms with Crippen molar-refractivity contribution < 1.29 is 32.2 Å². The van der Waals surface area contributed by atoms with E-state index >= 15 is 0 Å². The third-order valence-electron chi connectivity index (χ3n) is 4.69. The second kappa shape index (κ2) is 12.3. The van der Waals surface area contributed by atoms with E-state index in [4.69, 9.17) is 18.9 Å². The molecule has 10 heteroatoms. The van der Waals surface area contributed by atoms with Crippen LogP contribution in [0.2, 0.25) is 0 Å². The van der Waals surface area contributed by atoms with Crippen molar-refractivity contribution in [2.45, 2.75) is 31.3 Å². The van der Waals surface area contributed by atoms with Gasteiger partial charge in [-0.05, 0) is 56.7 Å². The molecule has 0 unspecified atom stereocenters. The lowest BCUT2D eigenvalue weighted by Crippen LogP contribution is -2.41. The highest BCUT2D eigenvalue weighted by atomic mass is 32.2. The van der Waals surface area contributed by atoms with Gasteiger partial charge in [0.05, 0.1) is 38.0 Å². The first-order valence-electron chi connectivity index (χ1n) is 10.5. The molecule has 33 heavy (non-hydrogen) atoms. The molecule has 0 aliphatic carbocycles. The maximum absolute atomic E-state index is 13.5. The molecule has 1 amide bonds. The summed E-state index contributed by atoms with van der Waals surface area (Å²) in [7, 11) is 0.303. The van der Waals surface area contributed by atoms with Crippen LogP contribution < -0.4 is 23.8 Å². The van der Waals surface area contributed by atoms with Crippen LogP contribution in [0.4, 0.5) is 5.69 Å². The van der Waals surface area contributed by atoms with Gasteiger partial charge in [0, 0.05) is 19.2 Å². The normalized spacial score (nSPS) is 11.2. The maximum Gasteiger partial charge on any atom is 0.264 e. The summed E-state index contributed by atoms with van der Waals surface area (Å²) in [5.74, 6) is 0.799. The van der Waals surface area contributed by atoms with Crippen LogP contribution >= 0.6 is 0 Å². The number of hydrogen-bond donors (Lipinski definition) is 1. The average Bonchev–Trinajstić information content (AvgIpc) is 2.81. The molecule has 1 N–H and O–H groups in total. The molecule has 9 nitrogen and oxygen atoms in total. The highest BCUT2D eigenvalue weighted by Gasteiger charge is 2.28. The van der Waals surface area contributed by atoms with E-state index in [-0.39, 0.29) is 16.7 Å². The molecule has 0 saturated carbocycles. The predicted molar refractivity (Wildman–Crippen MR) is 126 cm³/mol. The van der Waals surface area contributed by atoms with Crippen molar-refractivity contribution in [3.8, 4) is 17.2 Å². The minimum Gasteiger partial charge on any atom is -0.497 e. The largest absolute Gasteiger partial charge is 0.497 e. The van der Waals surface area contributed by atoms with Gasteiger partial charge < -0.3 is 24.3 Å². The van der Waals surface area contributed by atoms with E-state index in [0.29, 0.717) is 36.8 Å². The summed E-state index contributed by atoms with van der Waals surface area (Å²) in [6, 6.07) is 10.7. The molecule has 2 rings (SSSR count). The molecule has 0 aliphatic rings. The molecule has 0 spiro atoms. The van der Waals surface area contributed by atoms with Gasteiger partial charge in [-0.1, -0.05) is 0 Å². The summed E-state index contributed by atoms with van der Waals surface area (Å²) in [4.78, 5) is 12.6. The molecule has 2 aromatic carbocycles. The predicted octanol–water partition coefficient (Wildman–Crippen LogP) is 2.84. The van der Waals surface area contributed by atoms with E-state index in [0.717, 1.165) is 4.31 Å². The number of anilines is 1. The third-order valence-corrected chi connectivity index (χ3v) is 6.45. The summed E-state index contributed by atoms with van der Waals surface area (Å²) in [5, 5.41) is 2.75. The Labute approximate surface area is 195 Å². The van der Waals surface area contributed by atoms with Crippen molar-refractivity contribution >= 4 is 21.6 Å². The Bertz CT molecular complexity index is 1010. The lowest BCUT2D eigenvalue weighted by atomic mass is 10.3. The van der Waals surface area contributed by atoms with Crippen LogP contribution in [0.5, 0.6) is 17.2 Å². The number of nitrogens with zero attached hydrogens (tertiary/aromatic N) is 1. The summed E-state index contributed by atoms with van der Waals surface area (Å²) < 4.78 is 49.2. The van der Waals surface area contributed by atoms with E-state index in [1.165, 1.54) is 39.5 Å². The molecule has 2 aromatic rings. The van der Waals surface area contributed by atoms with E-state index in [2.05, 4.69) is 5.32 Å². The summed E-state index contributed by atoms with van der Waals surface area (Å²) in [6.45, 7) is 4.35. The first-order valence-corrected chi connectivity index (χ1v) is 11.9. The number of rotatable bonds is 13. The van der Waals surface area contributed by atoms with Gasteiger partial charge in [0.25, 0.3) is 10.0 Å². The molecule has 0 aromatic heterocycles. The van der Waals surface area contributed by atoms with Crippen LogP contribution in [-0.2, 0) is 19.6 Å². The number of nitrogens with one attached hydrogen (secondary N) is 1. The number of ether oxygens (including phenoxy) is 4. The van der Waals surface area contributed by atoms with Crippen LogP contribution in [-0.4, -0.2) is 61.5 Å². The Morgan fingerprint density at radius 3 is 2.21 bits per heavy atom. The van der Waals surface area contributed by atoms with Gasteiger partial charge in [0.15, 0.2) is 11.5 Å². The maximum atomic E-state index is 13.5. The Kier molecular flexibility index (Phi) is 9.80. The van der Waals surface area contributed by atoms with Crippen LogP contribution in [0, 0.1) is 0 Å². The van der Waals surface area contributed by atoms with Crippen molar-refractivity contribution in [1.29, 1.82) is 0 Å². The molecule has 0 aliphatic heterocycles. The average molecular weight is 481 g/mol. The van der Waals surface area contributed by atoms with Crippen molar-refractivity contribution in [1.82, 2.24) is 5.32 Å². The fourth-order valence-electron chi connectivity index (χ4n) is 2.97. The van der Waals surface area contributed by atoms with Crippen molar-refractivity contribution in [2.75, 3.05) is 45.3 Å². The van der Waals surface area contributed by atoms with Crippen molar-refractivity contribution in [3.05, 3.63) is 42.5 Å². The second-order valence-corrected chi connectivity index (χ2v) is 9.21. The molecule has 0 heterocycles. The standard InChI is InChI=1S/C23H32N2O7S/c1-17(2)32-14-6-13-24-23(26)16-25(18-7-9-19(29-3)10-8-18)33(27,28)20-11-12-21(30-4)22(15-20)31-5/h7-12,15,17H,6,13-14,16H2,1-5H3,(H,24,26). The Balaban J connectivity index is 2.29. The van der Waals surface area contributed by atoms with Gasteiger partial charge >= 0.3 is 0 Å². The number of benzene rings is 2. The molecule has 0 saturated heterocycles. The van der Waals surface area contributed by atoms with Crippen molar-refractivity contribution in [2.24, 2.45) is 0 Å². The van der Waals surface area contributed by atoms with E-state index in [9.17, 15) is 13.2 Å². The highest BCUT2D eigenvalue weighted by molar-refractivity contribution is 7.92. The van der Waals surface area contributed by atoms with Crippen molar-refractivity contribution in [3.63, 3.8) is 0 Å². The van der Waals surface area contributed by atoms with Gasteiger partial charge in [-0.2, -0.15) is 0 Å². The van der Waals surface area contributed by atoms with E-state index in [1.54, 1.807) is 24.3 Å².